The molecule has 6 nitrogen and oxygen atoms in total. The van der Waals surface area contributed by atoms with Gasteiger partial charge in [-0.1, -0.05) is 36.9 Å². The first kappa shape index (κ1) is 24.1. The number of pyridine rings is 1. The first-order valence-corrected chi connectivity index (χ1v) is 10.3. The molecule has 0 aliphatic carbocycles. The van der Waals surface area contributed by atoms with Gasteiger partial charge in [-0.2, -0.15) is 18.3 Å². The molecule has 1 aliphatic rings. The van der Waals surface area contributed by atoms with E-state index in [0.717, 1.165) is 23.3 Å². The summed E-state index contributed by atoms with van der Waals surface area (Å²) in [5.41, 5.74) is -0.0436. The number of piperidine rings is 1. The number of rotatable bonds is 4. The van der Waals surface area contributed by atoms with E-state index in [1.807, 2.05) is 0 Å². The standard InChI is InChI=1S/C24H19F5N4O2/c1-15-10-23(25,26)14-33(19(15)13-35-20-9-8-17(11-30-20)24(27,28)29)22(34)21-18(12-32(2)31-21)16-6-4-3-5-7-16/h3-9,11-13H,1,10,14H2,2H3/b19-13+. The van der Waals surface area contributed by atoms with Crippen LogP contribution in [0.3, 0.4) is 0 Å². The van der Waals surface area contributed by atoms with Crippen LogP contribution in [0, 0.1) is 0 Å². The zero-order valence-electron chi connectivity index (χ0n) is 18.4. The number of ether oxygens (including phenoxy) is 1. The molecule has 2 aromatic heterocycles. The molecule has 4 rings (SSSR count). The van der Waals surface area contributed by atoms with E-state index < -0.39 is 36.5 Å². The molecular formula is C24H19F5N4O2. The number of likely N-dealkylation sites (tertiary alicyclic amines) is 1. The Balaban J connectivity index is 1.68. The van der Waals surface area contributed by atoms with Gasteiger partial charge in [-0.15, -0.1) is 0 Å². The normalized spacial score (nSPS) is 17.0. The molecule has 0 bridgehead atoms. The molecule has 0 unspecified atom stereocenters. The summed E-state index contributed by atoms with van der Waals surface area (Å²) in [4.78, 5) is 17.9. The van der Waals surface area contributed by atoms with Crippen LogP contribution in [-0.2, 0) is 13.2 Å². The van der Waals surface area contributed by atoms with Gasteiger partial charge in [-0.3, -0.25) is 14.4 Å². The van der Waals surface area contributed by atoms with Crippen molar-refractivity contribution in [2.24, 2.45) is 7.05 Å². The minimum absolute atomic E-state index is 0.0488. The number of hydrogen-bond acceptors (Lipinski definition) is 4. The fraction of sp³-hybridized carbons (Fsp3) is 0.208. The molecule has 11 heteroatoms. The smallest absolute Gasteiger partial charge is 0.417 e. The van der Waals surface area contributed by atoms with Crippen LogP contribution in [-0.4, -0.2) is 38.0 Å². The summed E-state index contributed by atoms with van der Waals surface area (Å²) < 4.78 is 73.8. The average molecular weight is 490 g/mol. The fourth-order valence-electron chi connectivity index (χ4n) is 3.63. The number of hydrogen-bond donors (Lipinski definition) is 0. The van der Waals surface area contributed by atoms with Crippen molar-refractivity contribution in [1.29, 1.82) is 0 Å². The zero-order valence-corrected chi connectivity index (χ0v) is 18.4. The minimum atomic E-state index is -4.57. The first-order valence-electron chi connectivity index (χ1n) is 10.3. The molecule has 3 aromatic rings. The number of allylic oxidation sites excluding steroid dienone is 1. The van der Waals surface area contributed by atoms with E-state index in [1.54, 1.807) is 43.6 Å². The van der Waals surface area contributed by atoms with Crippen molar-refractivity contribution >= 4 is 5.91 Å². The molecule has 182 valence electrons. The van der Waals surface area contributed by atoms with E-state index >= 15 is 0 Å². The Labute approximate surface area is 196 Å². The molecule has 0 radical (unpaired) electrons. The number of carbonyl (C=O) groups excluding carboxylic acids is 1. The van der Waals surface area contributed by atoms with Crippen molar-refractivity contribution in [2.45, 2.75) is 18.5 Å². The Bertz CT molecular complexity index is 1280. The van der Waals surface area contributed by atoms with E-state index in [1.165, 1.54) is 4.68 Å². The van der Waals surface area contributed by atoms with Gasteiger partial charge in [0.15, 0.2) is 5.69 Å². The molecule has 3 heterocycles. The molecule has 1 fully saturated rings. The van der Waals surface area contributed by atoms with Crippen molar-refractivity contribution in [3.05, 3.63) is 90.2 Å². The maximum atomic E-state index is 14.4. The van der Waals surface area contributed by atoms with Crippen LogP contribution in [0.15, 0.2) is 79.0 Å². The molecule has 35 heavy (non-hydrogen) atoms. The maximum Gasteiger partial charge on any atom is 0.417 e. The van der Waals surface area contributed by atoms with E-state index in [2.05, 4.69) is 16.7 Å². The highest BCUT2D eigenvalue weighted by Crippen LogP contribution is 2.37. The second-order valence-corrected chi connectivity index (χ2v) is 7.96. The number of benzene rings is 1. The summed E-state index contributed by atoms with van der Waals surface area (Å²) in [5.74, 6) is -4.27. The van der Waals surface area contributed by atoms with E-state index in [-0.39, 0.29) is 22.8 Å². The second-order valence-electron chi connectivity index (χ2n) is 7.96. The zero-order chi connectivity index (χ0) is 25.4. The third kappa shape index (κ3) is 5.23. The van der Waals surface area contributed by atoms with Crippen LogP contribution in [0.25, 0.3) is 11.1 Å². The number of aromatic nitrogens is 3. The topological polar surface area (TPSA) is 60.2 Å². The summed E-state index contributed by atoms with van der Waals surface area (Å²) in [6, 6.07) is 10.6. The Morgan fingerprint density at radius 3 is 2.51 bits per heavy atom. The largest absolute Gasteiger partial charge is 0.445 e. The summed E-state index contributed by atoms with van der Waals surface area (Å²) in [6.07, 6.45) is -2.13. The lowest BCUT2D eigenvalue weighted by Gasteiger charge is -2.35. The highest BCUT2D eigenvalue weighted by atomic mass is 19.4. The van der Waals surface area contributed by atoms with Crippen LogP contribution in [0.4, 0.5) is 22.0 Å². The van der Waals surface area contributed by atoms with E-state index in [9.17, 15) is 26.7 Å². The lowest BCUT2D eigenvalue weighted by Crippen LogP contribution is -2.45. The van der Waals surface area contributed by atoms with Crippen molar-refractivity contribution in [3.8, 4) is 17.0 Å². The van der Waals surface area contributed by atoms with Gasteiger partial charge in [0.25, 0.3) is 11.8 Å². The SMILES string of the molecule is C=C1CC(F)(F)CN(C(=O)c2nn(C)cc2-c2ccccc2)/C1=C/Oc1ccc(C(F)(F)F)cn1. The number of carbonyl (C=O) groups is 1. The predicted molar refractivity (Wildman–Crippen MR) is 116 cm³/mol. The van der Waals surface area contributed by atoms with Crippen molar-refractivity contribution in [1.82, 2.24) is 19.7 Å². The van der Waals surface area contributed by atoms with Gasteiger partial charge in [0.05, 0.1) is 17.8 Å². The van der Waals surface area contributed by atoms with Crippen LogP contribution < -0.4 is 4.74 Å². The first-order chi connectivity index (χ1) is 16.4. The quantitative estimate of drug-likeness (QED) is 0.360. The molecule has 1 aromatic carbocycles. The van der Waals surface area contributed by atoms with Crippen LogP contribution in [0.1, 0.15) is 22.5 Å². The third-order valence-electron chi connectivity index (χ3n) is 5.23. The summed E-state index contributed by atoms with van der Waals surface area (Å²) in [6.45, 7) is 2.69. The number of nitrogens with zero attached hydrogens (tertiary/aromatic N) is 4. The third-order valence-corrected chi connectivity index (χ3v) is 5.23. The summed E-state index contributed by atoms with van der Waals surface area (Å²) >= 11 is 0. The number of alkyl halides is 5. The lowest BCUT2D eigenvalue weighted by molar-refractivity contribution is -0.137. The van der Waals surface area contributed by atoms with Gasteiger partial charge >= 0.3 is 6.18 Å². The highest BCUT2D eigenvalue weighted by Gasteiger charge is 2.43. The van der Waals surface area contributed by atoms with Gasteiger partial charge in [-0.05, 0) is 17.2 Å². The number of amides is 1. The van der Waals surface area contributed by atoms with Crippen LogP contribution in [0.2, 0.25) is 0 Å². The molecule has 0 N–H and O–H groups in total. The maximum absolute atomic E-state index is 14.4. The van der Waals surface area contributed by atoms with Gasteiger partial charge in [-0.25, -0.2) is 13.8 Å². The van der Waals surface area contributed by atoms with Crippen LogP contribution >= 0.6 is 0 Å². The Morgan fingerprint density at radius 1 is 1.17 bits per heavy atom. The monoisotopic (exact) mass is 490 g/mol. The average Bonchev–Trinajstić information content (AvgIpc) is 3.19. The molecule has 1 aliphatic heterocycles. The summed E-state index contributed by atoms with van der Waals surface area (Å²) in [5, 5.41) is 4.18. The Morgan fingerprint density at radius 2 is 1.89 bits per heavy atom. The van der Waals surface area contributed by atoms with Crippen LogP contribution in [0.5, 0.6) is 5.88 Å². The number of aryl methyl sites for hydroxylation is 1. The summed E-state index contributed by atoms with van der Waals surface area (Å²) in [7, 11) is 1.60. The molecule has 0 spiro atoms. The molecule has 1 saturated heterocycles. The lowest BCUT2D eigenvalue weighted by atomic mass is 9.98. The van der Waals surface area contributed by atoms with Crippen molar-refractivity contribution in [2.75, 3.05) is 6.54 Å². The van der Waals surface area contributed by atoms with E-state index in [4.69, 9.17) is 4.74 Å². The number of halogens is 5. The Hall–Kier alpha value is -4.02. The van der Waals surface area contributed by atoms with E-state index in [0.29, 0.717) is 17.3 Å². The molecular weight excluding hydrogens is 471 g/mol. The molecule has 0 atom stereocenters. The van der Waals surface area contributed by atoms with Gasteiger partial charge in [0.1, 0.15) is 6.26 Å². The van der Waals surface area contributed by atoms with Crippen molar-refractivity contribution < 1.29 is 31.5 Å². The van der Waals surface area contributed by atoms with Crippen molar-refractivity contribution in [3.63, 3.8) is 0 Å². The molecule has 1 amide bonds. The predicted octanol–water partition coefficient (Wildman–Crippen LogP) is 5.46. The second kappa shape index (κ2) is 8.97. The highest BCUT2D eigenvalue weighted by molar-refractivity contribution is 6.00. The van der Waals surface area contributed by atoms with Gasteiger partial charge < -0.3 is 4.74 Å². The molecule has 0 saturated carbocycles. The fourth-order valence-corrected chi connectivity index (χ4v) is 3.63. The van der Waals surface area contributed by atoms with Gasteiger partial charge in [0.2, 0.25) is 5.88 Å². The Kier molecular flexibility index (Phi) is 6.18. The van der Waals surface area contributed by atoms with Gasteiger partial charge in [0, 0.05) is 37.5 Å². The minimum Gasteiger partial charge on any atom is -0.445 e.